The molecule has 3 N–H and O–H groups in total. The molecule has 0 spiro atoms. The minimum Gasteiger partial charge on any atom is -0.393 e. The standard InChI is InChI=1S/C13H22N2O2S/c1-3-10(16)7-8-14-13(17)15-9-12-6-5-11(4-2)18-12/h5-6,10,16H,3-4,7-9H2,1-2H3,(H2,14,15,17). The number of aliphatic hydroxyl groups is 1. The Balaban J connectivity index is 2.16. The van der Waals surface area contributed by atoms with Crippen molar-refractivity contribution in [3.8, 4) is 0 Å². The van der Waals surface area contributed by atoms with E-state index in [4.69, 9.17) is 0 Å². The number of urea groups is 1. The molecular weight excluding hydrogens is 248 g/mol. The fourth-order valence-corrected chi connectivity index (χ4v) is 2.39. The van der Waals surface area contributed by atoms with E-state index in [9.17, 15) is 9.90 Å². The molecule has 2 amide bonds. The molecule has 0 aliphatic heterocycles. The smallest absolute Gasteiger partial charge is 0.315 e. The van der Waals surface area contributed by atoms with Gasteiger partial charge in [-0.3, -0.25) is 0 Å². The second-order valence-electron chi connectivity index (χ2n) is 4.18. The topological polar surface area (TPSA) is 61.4 Å². The SMILES string of the molecule is CCc1ccc(CNC(=O)NCCC(O)CC)s1. The van der Waals surface area contributed by atoms with Crippen LogP contribution in [-0.4, -0.2) is 23.8 Å². The summed E-state index contributed by atoms with van der Waals surface area (Å²) in [7, 11) is 0. The van der Waals surface area contributed by atoms with Gasteiger partial charge < -0.3 is 15.7 Å². The number of nitrogens with one attached hydrogen (secondary N) is 2. The maximum absolute atomic E-state index is 11.5. The molecule has 1 aromatic rings. The quantitative estimate of drug-likeness (QED) is 0.712. The first-order valence-corrected chi connectivity index (χ1v) is 7.24. The van der Waals surface area contributed by atoms with Gasteiger partial charge in [0.15, 0.2) is 0 Å². The summed E-state index contributed by atoms with van der Waals surface area (Å²) in [6.45, 7) is 5.11. The van der Waals surface area contributed by atoms with E-state index in [1.165, 1.54) is 4.88 Å². The molecule has 1 heterocycles. The lowest BCUT2D eigenvalue weighted by Crippen LogP contribution is -2.36. The number of aliphatic hydroxyl groups excluding tert-OH is 1. The minimum atomic E-state index is -0.324. The molecule has 1 unspecified atom stereocenters. The van der Waals surface area contributed by atoms with Crippen LogP contribution in [0.15, 0.2) is 12.1 Å². The van der Waals surface area contributed by atoms with Crippen LogP contribution in [0.2, 0.25) is 0 Å². The number of aryl methyl sites for hydroxylation is 1. The number of thiophene rings is 1. The van der Waals surface area contributed by atoms with Gasteiger partial charge in [0.05, 0.1) is 12.6 Å². The van der Waals surface area contributed by atoms with Gasteiger partial charge in [0.1, 0.15) is 0 Å². The number of rotatable bonds is 7. The highest BCUT2D eigenvalue weighted by atomic mass is 32.1. The van der Waals surface area contributed by atoms with Crippen molar-refractivity contribution in [3.63, 3.8) is 0 Å². The van der Waals surface area contributed by atoms with Crippen LogP contribution in [0.25, 0.3) is 0 Å². The Kier molecular flexibility index (Phi) is 6.75. The van der Waals surface area contributed by atoms with Crippen LogP contribution in [0.4, 0.5) is 4.79 Å². The zero-order valence-corrected chi connectivity index (χ0v) is 11.8. The maximum atomic E-state index is 11.5. The minimum absolute atomic E-state index is 0.176. The molecule has 1 aromatic heterocycles. The highest BCUT2D eigenvalue weighted by Crippen LogP contribution is 2.16. The second kappa shape index (κ2) is 8.11. The number of hydrogen-bond donors (Lipinski definition) is 3. The normalized spacial score (nSPS) is 12.2. The van der Waals surface area contributed by atoms with Crippen molar-refractivity contribution in [2.45, 2.75) is 45.8 Å². The first kappa shape index (κ1) is 15.0. The van der Waals surface area contributed by atoms with Crippen LogP contribution < -0.4 is 10.6 Å². The number of amides is 2. The molecule has 0 radical (unpaired) electrons. The molecule has 0 aliphatic carbocycles. The lowest BCUT2D eigenvalue weighted by Gasteiger charge is -2.09. The average molecular weight is 270 g/mol. The lowest BCUT2D eigenvalue weighted by molar-refractivity contribution is 0.160. The van der Waals surface area contributed by atoms with E-state index in [0.29, 0.717) is 19.5 Å². The van der Waals surface area contributed by atoms with E-state index in [0.717, 1.165) is 17.7 Å². The van der Waals surface area contributed by atoms with Crippen LogP contribution >= 0.6 is 11.3 Å². The van der Waals surface area contributed by atoms with E-state index in [2.05, 4.69) is 23.6 Å². The molecule has 0 aromatic carbocycles. The van der Waals surface area contributed by atoms with Crippen LogP contribution in [0.1, 0.15) is 36.4 Å². The third kappa shape index (κ3) is 5.51. The predicted octanol–water partition coefficient (Wildman–Crippen LogP) is 2.27. The molecule has 0 fully saturated rings. The van der Waals surface area contributed by atoms with Gasteiger partial charge in [0.25, 0.3) is 0 Å². The largest absolute Gasteiger partial charge is 0.393 e. The monoisotopic (exact) mass is 270 g/mol. The van der Waals surface area contributed by atoms with E-state index in [1.807, 2.05) is 13.0 Å². The number of carbonyl (C=O) groups excluding carboxylic acids is 1. The Morgan fingerprint density at radius 3 is 2.67 bits per heavy atom. The molecule has 0 bridgehead atoms. The molecule has 5 heteroatoms. The number of hydrogen-bond acceptors (Lipinski definition) is 3. The Bertz CT molecular complexity index is 366. The third-order valence-corrected chi connectivity index (χ3v) is 3.95. The summed E-state index contributed by atoms with van der Waals surface area (Å²) in [6, 6.07) is 3.96. The molecule has 102 valence electrons. The van der Waals surface area contributed by atoms with Crippen molar-refractivity contribution in [3.05, 3.63) is 21.9 Å². The fourth-order valence-electron chi connectivity index (χ4n) is 1.49. The Labute approximate surface area is 112 Å². The van der Waals surface area contributed by atoms with E-state index in [1.54, 1.807) is 11.3 Å². The zero-order chi connectivity index (χ0) is 13.4. The van der Waals surface area contributed by atoms with Gasteiger partial charge in [0, 0.05) is 16.3 Å². The summed E-state index contributed by atoms with van der Waals surface area (Å²) in [6.07, 6.45) is 2.03. The summed E-state index contributed by atoms with van der Waals surface area (Å²) >= 11 is 1.72. The highest BCUT2D eigenvalue weighted by molar-refractivity contribution is 7.11. The third-order valence-electron chi connectivity index (χ3n) is 2.72. The molecule has 0 saturated carbocycles. The fraction of sp³-hybridized carbons (Fsp3) is 0.615. The molecule has 0 aliphatic rings. The zero-order valence-electron chi connectivity index (χ0n) is 11.0. The van der Waals surface area contributed by atoms with Crippen LogP contribution in [-0.2, 0) is 13.0 Å². The van der Waals surface area contributed by atoms with Gasteiger partial charge in [-0.25, -0.2) is 4.79 Å². The molecule has 18 heavy (non-hydrogen) atoms. The maximum Gasteiger partial charge on any atom is 0.315 e. The van der Waals surface area contributed by atoms with E-state index >= 15 is 0 Å². The summed E-state index contributed by atoms with van der Waals surface area (Å²) < 4.78 is 0. The van der Waals surface area contributed by atoms with Crippen molar-refractivity contribution in [1.82, 2.24) is 10.6 Å². The van der Waals surface area contributed by atoms with E-state index in [-0.39, 0.29) is 12.1 Å². The van der Waals surface area contributed by atoms with E-state index < -0.39 is 0 Å². The Morgan fingerprint density at radius 2 is 2.06 bits per heavy atom. The van der Waals surface area contributed by atoms with Crippen molar-refractivity contribution < 1.29 is 9.90 Å². The van der Waals surface area contributed by atoms with Gasteiger partial charge in [0.2, 0.25) is 0 Å². The van der Waals surface area contributed by atoms with Gasteiger partial charge in [-0.15, -0.1) is 11.3 Å². The van der Waals surface area contributed by atoms with Crippen molar-refractivity contribution >= 4 is 17.4 Å². The highest BCUT2D eigenvalue weighted by Gasteiger charge is 2.04. The van der Waals surface area contributed by atoms with Crippen LogP contribution in [0.5, 0.6) is 0 Å². The molecule has 1 rings (SSSR count). The number of carbonyl (C=O) groups is 1. The van der Waals surface area contributed by atoms with Crippen LogP contribution in [0, 0.1) is 0 Å². The first-order chi connectivity index (χ1) is 8.65. The van der Waals surface area contributed by atoms with Crippen molar-refractivity contribution in [1.29, 1.82) is 0 Å². The second-order valence-corrected chi connectivity index (χ2v) is 5.43. The van der Waals surface area contributed by atoms with Gasteiger partial charge in [-0.1, -0.05) is 13.8 Å². The molecule has 0 saturated heterocycles. The molecule has 4 nitrogen and oxygen atoms in total. The summed E-state index contributed by atoms with van der Waals surface area (Å²) in [5.41, 5.74) is 0. The van der Waals surface area contributed by atoms with Gasteiger partial charge in [-0.2, -0.15) is 0 Å². The molecular formula is C13H22N2O2S. The van der Waals surface area contributed by atoms with Gasteiger partial charge >= 0.3 is 6.03 Å². The summed E-state index contributed by atoms with van der Waals surface area (Å²) in [4.78, 5) is 14.0. The Morgan fingerprint density at radius 1 is 1.33 bits per heavy atom. The predicted molar refractivity (Wildman–Crippen MR) is 74.9 cm³/mol. The van der Waals surface area contributed by atoms with Crippen molar-refractivity contribution in [2.24, 2.45) is 0 Å². The lowest BCUT2D eigenvalue weighted by atomic mass is 10.2. The average Bonchev–Trinajstić information content (AvgIpc) is 2.84. The van der Waals surface area contributed by atoms with Crippen LogP contribution in [0.3, 0.4) is 0 Å². The summed E-state index contributed by atoms with van der Waals surface area (Å²) in [5, 5.41) is 14.9. The van der Waals surface area contributed by atoms with Gasteiger partial charge in [-0.05, 0) is 31.4 Å². The van der Waals surface area contributed by atoms with Crippen molar-refractivity contribution in [2.75, 3.05) is 6.54 Å². The first-order valence-electron chi connectivity index (χ1n) is 6.43. The molecule has 1 atom stereocenters. The summed E-state index contributed by atoms with van der Waals surface area (Å²) in [5.74, 6) is 0. The Hall–Kier alpha value is -1.07.